The molecule has 0 atom stereocenters. The van der Waals surface area contributed by atoms with Crippen LogP contribution in [0.25, 0.3) is 10.1 Å². The third kappa shape index (κ3) is 4.57. The highest BCUT2D eigenvalue weighted by molar-refractivity contribution is 7.85. The van der Waals surface area contributed by atoms with Crippen molar-refractivity contribution in [2.24, 2.45) is 0 Å². The molecule has 1 aromatic heterocycles. The van der Waals surface area contributed by atoms with Gasteiger partial charge < -0.3 is 4.55 Å². The molecule has 0 aliphatic rings. The van der Waals surface area contributed by atoms with Gasteiger partial charge in [-0.05, 0) is 32.0 Å². The number of thiol groups is 1. The Morgan fingerprint density at radius 2 is 1.61 bits per heavy atom. The lowest BCUT2D eigenvalue weighted by molar-refractivity contribution is 0.463. The van der Waals surface area contributed by atoms with Crippen molar-refractivity contribution in [2.75, 3.05) is 6.26 Å². The number of hydrogen-bond acceptors (Lipinski definition) is 4. The van der Waals surface area contributed by atoms with Crippen LogP contribution >= 0.6 is 11.3 Å². The van der Waals surface area contributed by atoms with Crippen LogP contribution in [0.15, 0.2) is 57.6 Å². The first-order chi connectivity index (χ1) is 10.8. The largest absolute Gasteiger partial charge is 0.744 e. The van der Waals surface area contributed by atoms with E-state index in [2.05, 4.69) is 37.4 Å². The van der Waals surface area contributed by atoms with E-state index in [0.717, 1.165) is 5.56 Å². The average Bonchev–Trinajstić information content (AvgIpc) is 2.84. The molecule has 0 amide bonds. The number of hydrogen-bond donors (Lipinski definition) is 0. The normalized spacial score (nSPS) is 11.1. The Bertz CT molecular complexity index is 894. The number of rotatable bonds is 2. The van der Waals surface area contributed by atoms with Gasteiger partial charge >= 0.3 is 0 Å². The van der Waals surface area contributed by atoms with E-state index >= 15 is 0 Å². The van der Waals surface area contributed by atoms with Gasteiger partial charge in [-0.3, -0.25) is 0 Å². The molecule has 0 saturated heterocycles. The van der Waals surface area contributed by atoms with Gasteiger partial charge in [0.05, 0.1) is 4.90 Å². The van der Waals surface area contributed by atoms with Gasteiger partial charge in [-0.15, -0.1) is 0 Å². The maximum atomic E-state index is 10.4. The Morgan fingerprint density at radius 3 is 2.13 bits per heavy atom. The molecule has 1 heterocycles. The first-order valence-electron chi connectivity index (χ1n) is 6.93. The van der Waals surface area contributed by atoms with Gasteiger partial charge in [0, 0.05) is 27.4 Å². The van der Waals surface area contributed by atoms with E-state index in [9.17, 15) is 13.0 Å². The summed E-state index contributed by atoms with van der Waals surface area (Å²) in [6, 6.07) is 14.4. The topological polar surface area (TPSA) is 57.2 Å². The van der Waals surface area contributed by atoms with Gasteiger partial charge in [0.15, 0.2) is 0 Å². The highest BCUT2D eigenvalue weighted by atomic mass is 32.2. The molecule has 23 heavy (non-hydrogen) atoms. The number of fused-ring (bicyclic) bond motifs is 1. The molecule has 3 aromatic rings. The molecular formula is C17H18O3S3. The zero-order valence-electron chi connectivity index (χ0n) is 13.1. The van der Waals surface area contributed by atoms with Gasteiger partial charge in [0.1, 0.15) is 16.4 Å². The van der Waals surface area contributed by atoms with E-state index in [-0.39, 0.29) is 4.90 Å². The van der Waals surface area contributed by atoms with Crippen LogP contribution in [0.5, 0.6) is 0 Å². The minimum atomic E-state index is -4.27. The van der Waals surface area contributed by atoms with E-state index in [1.54, 1.807) is 12.1 Å². The average molecular weight is 367 g/mol. The quantitative estimate of drug-likeness (QED) is 0.392. The molecule has 0 N–H and O–H groups in total. The monoisotopic (exact) mass is 366 g/mol. The molecule has 0 unspecified atom stereocenters. The smallest absolute Gasteiger partial charge is 0.210 e. The molecule has 6 heteroatoms. The predicted molar refractivity (Wildman–Crippen MR) is 98.7 cm³/mol. The van der Waals surface area contributed by atoms with Gasteiger partial charge in [-0.1, -0.05) is 47.2 Å². The lowest BCUT2D eigenvalue weighted by Gasteiger charge is -2.05. The summed E-state index contributed by atoms with van der Waals surface area (Å²) in [5.74, 6) is 0. The number of aryl methyl sites for hydroxylation is 2. The SMILES string of the molecule is C[SH+]c1sc2ccccc2c1C.Cc1ccc(S(=O)(=O)[O-])cc1. The molecule has 0 radical (unpaired) electrons. The second-order valence-electron chi connectivity index (χ2n) is 5.02. The lowest BCUT2D eigenvalue weighted by Crippen LogP contribution is -1.97. The van der Waals surface area contributed by atoms with Gasteiger partial charge in [-0.25, -0.2) is 8.42 Å². The van der Waals surface area contributed by atoms with Gasteiger partial charge in [0.2, 0.25) is 4.21 Å². The number of benzene rings is 2. The van der Waals surface area contributed by atoms with Gasteiger partial charge in [0.25, 0.3) is 0 Å². The van der Waals surface area contributed by atoms with E-state index in [1.165, 1.54) is 43.8 Å². The van der Waals surface area contributed by atoms with Crippen LogP contribution in [0, 0.1) is 13.8 Å². The summed E-state index contributed by atoms with van der Waals surface area (Å²) in [6.07, 6.45) is 2.19. The summed E-state index contributed by atoms with van der Waals surface area (Å²) >= 11 is 3.30. The maximum Gasteiger partial charge on any atom is 0.210 e. The van der Waals surface area contributed by atoms with Gasteiger partial charge in [-0.2, -0.15) is 0 Å². The minimum absolute atomic E-state index is 0.178. The molecule has 0 spiro atoms. The minimum Gasteiger partial charge on any atom is -0.744 e. The highest BCUT2D eigenvalue weighted by Gasteiger charge is 2.10. The van der Waals surface area contributed by atoms with Crippen molar-refractivity contribution in [3.8, 4) is 0 Å². The molecule has 0 fully saturated rings. The maximum absolute atomic E-state index is 10.4. The Labute approximate surface area is 145 Å². The van der Waals surface area contributed by atoms with E-state index in [4.69, 9.17) is 0 Å². The van der Waals surface area contributed by atoms with Crippen molar-refractivity contribution < 1.29 is 13.0 Å². The summed E-state index contributed by atoms with van der Waals surface area (Å²) in [5, 5.41) is 1.42. The van der Waals surface area contributed by atoms with Crippen LogP contribution in [0.4, 0.5) is 0 Å². The Morgan fingerprint density at radius 1 is 1.00 bits per heavy atom. The van der Waals surface area contributed by atoms with Crippen molar-refractivity contribution in [3.63, 3.8) is 0 Å². The molecule has 0 aliphatic heterocycles. The third-order valence-corrected chi connectivity index (χ3v) is 6.82. The predicted octanol–water partition coefficient (Wildman–Crippen LogP) is 3.91. The fourth-order valence-electron chi connectivity index (χ4n) is 2.08. The summed E-state index contributed by atoms with van der Waals surface area (Å²) in [4.78, 5) is -0.178. The molecule has 2 aromatic carbocycles. The first kappa shape index (κ1) is 18.0. The van der Waals surface area contributed by atoms with Crippen LogP contribution in [0.1, 0.15) is 11.1 Å². The van der Waals surface area contributed by atoms with Crippen molar-refractivity contribution in [1.82, 2.24) is 0 Å². The van der Waals surface area contributed by atoms with Crippen LogP contribution in [0.3, 0.4) is 0 Å². The first-order valence-corrected chi connectivity index (χ1v) is 10.5. The Hall–Kier alpha value is -1.34. The lowest BCUT2D eigenvalue weighted by atomic mass is 10.2. The van der Waals surface area contributed by atoms with E-state index in [1.807, 2.05) is 18.3 Å². The van der Waals surface area contributed by atoms with Crippen LogP contribution in [0.2, 0.25) is 0 Å². The summed E-state index contributed by atoms with van der Waals surface area (Å²) in [7, 11) is -4.27. The summed E-state index contributed by atoms with van der Waals surface area (Å²) in [6.45, 7) is 4.03. The molecule has 122 valence electrons. The molecule has 0 bridgehead atoms. The van der Waals surface area contributed by atoms with Crippen molar-refractivity contribution in [2.45, 2.75) is 23.0 Å². The zero-order chi connectivity index (χ0) is 17.0. The standard InChI is InChI=1S/C10H10S2.C7H8O3S/c1-7-8-5-3-4-6-9(8)12-10(7)11-2;1-6-2-4-7(5-3-6)11(8,9)10/h3-6H,1-2H3;2-5H,1H3,(H,8,9,10). The second kappa shape index (κ2) is 7.49. The molecule has 0 aliphatic carbocycles. The summed E-state index contributed by atoms with van der Waals surface area (Å²) < 4.78 is 34.1. The summed E-state index contributed by atoms with van der Waals surface area (Å²) in [5.41, 5.74) is 2.39. The fraction of sp³-hybridized carbons (Fsp3) is 0.176. The van der Waals surface area contributed by atoms with Crippen molar-refractivity contribution in [3.05, 3.63) is 59.7 Å². The Balaban J connectivity index is 0.000000168. The number of thiophene rings is 1. The molecular weight excluding hydrogens is 348 g/mol. The van der Waals surface area contributed by atoms with E-state index < -0.39 is 10.1 Å². The third-order valence-electron chi connectivity index (χ3n) is 3.33. The Kier molecular flexibility index (Phi) is 5.86. The molecule has 0 saturated carbocycles. The van der Waals surface area contributed by atoms with Crippen LogP contribution in [-0.4, -0.2) is 19.2 Å². The zero-order valence-corrected chi connectivity index (χ0v) is 15.6. The highest BCUT2D eigenvalue weighted by Crippen LogP contribution is 2.31. The van der Waals surface area contributed by atoms with Crippen molar-refractivity contribution >= 4 is 43.3 Å². The molecule has 3 rings (SSSR count). The van der Waals surface area contributed by atoms with Crippen molar-refractivity contribution in [1.29, 1.82) is 0 Å². The molecule has 3 nitrogen and oxygen atoms in total. The fourth-order valence-corrected chi connectivity index (χ4v) is 4.61. The van der Waals surface area contributed by atoms with Crippen LogP contribution < -0.4 is 0 Å². The van der Waals surface area contributed by atoms with E-state index in [0.29, 0.717) is 0 Å². The second-order valence-corrected chi connectivity index (χ2v) is 8.65. The van der Waals surface area contributed by atoms with Crippen LogP contribution in [-0.2, 0) is 21.9 Å².